The average Bonchev–Trinajstić information content (AvgIpc) is 3.03. The van der Waals surface area contributed by atoms with E-state index in [0.717, 1.165) is 29.9 Å². The van der Waals surface area contributed by atoms with E-state index >= 15 is 0 Å². The summed E-state index contributed by atoms with van der Waals surface area (Å²) in [6.07, 6.45) is 7.26. The first kappa shape index (κ1) is 15.5. The Balaban J connectivity index is 1.66. The fourth-order valence-corrected chi connectivity index (χ4v) is 2.82. The van der Waals surface area contributed by atoms with Crippen LogP contribution < -0.4 is 5.32 Å². The fourth-order valence-electron chi connectivity index (χ4n) is 2.82. The van der Waals surface area contributed by atoms with Gasteiger partial charge in [0.15, 0.2) is 0 Å². The maximum Gasteiger partial charge on any atom is 0.291 e. The molecule has 2 aromatic heterocycles. The third-order valence-electron chi connectivity index (χ3n) is 4.41. The standard InChI is InChI=1S/C19H19N5O/c25-19(21-15-8-4-9-15)18-22-17(12-14-6-2-1-3-7-14)24(23-18)16-10-5-11-20-13-16/h1-3,5-7,10-11,13,15H,4,8-9,12H2,(H,21,25). The van der Waals surface area contributed by atoms with Gasteiger partial charge in [0.2, 0.25) is 5.82 Å². The molecule has 6 nitrogen and oxygen atoms in total. The molecule has 4 rings (SSSR count). The van der Waals surface area contributed by atoms with Crippen molar-refractivity contribution in [3.63, 3.8) is 0 Å². The summed E-state index contributed by atoms with van der Waals surface area (Å²) in [6, 6.07) is 14.0. The van der Waals surface area contributed by atoms with Crippen molar-refractivity contribution in [2.75, 3.05) is 0 Å². The predicted octanol–water partition coefficient (Wildman–Crippen LogP) is 2.54. The van der Waals surface area contributed by atoms with Gasteiger partial charge in [-0.2, -0.15) is 0 Å². The summed E-state index contributed by atoms with van der Waals surface area (Å²) in [5.41, 5.74) is 1.91. The number of hydrogen-bond acceptors (Lipinski definition) is 4. The van der Waals surface area contributed by atoms with Crippen molar-refractivity contribution in [2.45, 2.75) is 31.7 Å². The SMILES string of the molecule is O=C(NC1CCC1)c1nc(Cc2ccccc2)n(-c2cccnc2)n1. The first-order valence-corrected chi connectivity index (χ1v) is 8.51. The summed E-state index contributed by atoms with van der Waals surface area (Å²) in [7, 11) is 0. The van der Waals surface area contributed by atoms with E-state index in [-0.39, 0.29) is 17.8 Å². The molecule has 0 aliphatic heterocycles. The van der Waals surface area contributed by atoms with Crippen molar-refractivity contribution in [3.8, 4) is 5.69 Å². The molecule has 0 unspecified atom stereocenters. The van der Waals surface area contributed by atoms with Crippen molar-refractivity contribution in [3.05, 3.63) is 72.1 Å². The van der Waals surface area contributed by atoms with Crippen molar-refractivity contribution in [1.29, 1.82) is 0 Å². The molecule has 3 aromatic rings. The first-order chi connectivity index (χ1) is 12.3. The number of amides is 1. The normalized spacial score (nSPS) is 14.1. The van der Waals surface area contributed by atoms with Crippen LogP contribution in [0.5, 0.6) is 0 Å². The summed E-state index contributed by atoms with van der Waals surface area (Å²) >= 11 is 0. The van der Waals surface area contributed by atoms with Crippen molar-refractivity contribution in [1.82, 2.24) is 25.1 Å². The zero-order valence-electron chi connectivity index (χ0n) is 13.8. The van der Waals surface area contributed by atoms with Gasteiger partial charge in [-0.05, 0) is 37.0 Å². The fraction of sp³-hybridized carbons (Fsp3) is 0.263. The zero-order chi connectivity index (χ0) is 17.1. The van der Waals surface area contributed by atoms with Crippen molar-refractivity contribution < 1.29 is 4.79 Å². The summed E-state index contributed by atoms with van der Waals surface area (Å²) in [5, 5.41) is 7.44. The van der Waals surface area contributed by atoms with E-state index in [2.05, 4.69) is 20.4 Å². The zero-order valence-corrected chi connectivity index (χ0v) is 13.8. The van der Waals surface area contributed by atoms with Gasteiger partial charge in [-0.25, -0.2) is 9.67 Å². The highest BCUT2D eigenvalue weighted by molar-refractivity contribution is 5.90. The molecule has 6 heteroatoms. The van der Waals surface area contributed by atoms with Crippen LogP contribution in [0.15, 0.2) is 54.9 Å². The monoisotopic (exact) mass is 333 g/mol. The molecule has 1 aliphatic rings. The minimum Gasteiger partial charge on any atom is -0.347 e. The number of aromatic nitrogens is 4. The third-order valence-corrected chi connectivity index (χ3v) is 4.41. The lowest BCUT2D eigenvalue weighted by Crippen LogP contribution is -2.39. The second-order valence-electron chi connectivity index (χ2n) is 6.24. The van der Waals surface area contributed by atoms with E-state index in [1.54, 1.807) is 17.1 Å². The number of carbonyl (C=O) groups excluding carboxylic acids is 1. The van der Waals surface area contributed by atoms with E-state index in [9.17, 15) is 4.79 Å². The van der Waals surface area contributed by atoms with Crippen molar-refractivity contribution in [2.24, 2.45) is 0 Å². The van der Waals surface area contributed by atoms with Crippen LogP contribution in [-0.4, -0.2) is 31.7 Å². The highest BCUT2D eigenvalue weighted by atomic mass is 16.2. The molecular formula is C19H19N5O. The van der Waals surface area contributed by atoms with Crippen LogP contribution in [0.1, 0.15) is 41.3 Å². The van der Waals surface area contributed by atoms with Gasteiger partial charge in [-0.3, -0.25) is 9.78 Å². The number of rotatable bonds is 5. The topological polar surface area (TPSA) is 72.7 Å². The molecule has 1 aliphatic carbocycles. The third kappa shape index (κ3) is 3.42. The lowest BCUT2D eigenvalue weighted by Gasteiger charge is -2.25. The van der Waals surface area contributed by atoms with Gasteiger partial charge in [-0.1, -0.05) is 30.3 Å². The Hall–Kier alpha value is -3.02. The van der Waals surface area contributed by atoms with Crippen LogP contribution in [-0.2, 0) is 6.42 Å². The minimum atomic E-state index is -0.207. The van der Waals surface area contributed by atoms with Crippen LogP contribution in [0.2, 0.25) is 0 Å². The smallest absolute Gasteiger partial charge is 0.291 e. The predicted molar refractivity (Wildman–Crippen MR) is 93.5 cm³/mol. The number of nitrogens with zero attached hydrogens (tertiary/aromatic N) is 4. The Labute approximate surface area is 145 Å². The second kappa shape index (κ2) is 6.84. The molecule has 1 amide bonds. The molecule has 0 radical (unpaired) electrons. The van der Waals surface area contributed by atoms with Gasteiger partial charge in [-0.15, -0.1) is 5.10 Å². The Kier molecular flexibility index (Phi) is 4.24. The van der Waals surface area contributed by atoms with Crippen LogP contribution in [0.4, 0.5) is 0 Å². The summed E-state index contributed by atoms with van der Waals surface area (Å²) in [6.45, 7) is 0. The number of pyridine rings is 1. The van der Waals surface area contributed by atoms with Crippen LogP contribution >= 0.6 is 0 Å². The van der Waals surface area contributed by atoms with E-state index in [0.29, 0.717) is 6.42 Å². The van der Waals surface area contributed by atoms with Gasteiger partial charge in [0, 0.05) is 18.7 Å². The largest absolute Gasteiger partial charge is 0.347 e. The molecule has 126 valence electrons. The number of nitrogens with one attached hydrogen (secondary N) is 1. The lowest BCUT2D eigenvalue weighted by molar-refractivity contribution is 0.0906. The van der Waals surface area contributed by atoms with E-state index in [1.807, 2.05) is 42.5 Å². The Morgan fingerprint density at radius 3 is 2.68 bits per heavy atom. The molecule has 0 atom stereocenters. The highest BCUT2D eigenvalue weighted by Crippen LogP contribution is 2.19. The first-order valence-electron chi connectivity index (χ1n) is 8.51. The van der Waals surface area contributed by atoms with E-state index in [4.69, 9.17) is 0 Å². The number of carbonyl (C=O) groups is 1. The van der Waals surface area contributed by atoms with Gasteiger partial charge in [0.1, 0.15) is 5.82 Å². The Bertz CT molecular complexity index is 856. The van der Waals surface area contributed by atoms with Gasteiger partial charge in [0.25, 0.3) is 5.91 Å². The quantitative estimate of drug-likeness (QED) is 0.779. The molecule has 25 heavy (non-hydrogen) atoms. The molecule has 0 spiro atoms. The summed E-state index contributed by atoms with van der Waals surface area (Å²) in [5.74, 6) is 0.723. The molecule has 1 fully saturated rings. The average molecular weight is 333 g/mol. The second-order valence-corrected chi connectivity index (χ2v) is 6.24. The summed E-state index contributed by atoms with van der Waals surface area (Å²) in [4.78, 5) is 21.1. The van der Waals surface area contributed by atoms with Gasteiger partial charge in [0.05, 0.1) is 11.9 Å². The van der Waals surface area contributed by atoms with Gasteiger partial charge < -0.3 is 5.32 Å². The van der Waals surface area contributed by atoms with Crippen LogP contribution in [0, 0.1) is 0 Å². The molecule has 1 saturated carbocycles. The van der Waals surface area contributed by atoms with Crippen LogP contribution in [0.25, 0.3) is 5.69 Å². The van der Waals surface area contributed by atoms with Crippen molar-refractivity contribution >= 4 is 5.91 Å². The molecule has 1 aromatic carbocycles. The maximum atomic E-state index is 12.4. The molecule has 1 N–H and O–H groups in total. The minimum absolute atomic E-state index is 0.207. The highest BCUT2D eigenvalue weighted by Gasteiger charge is 2.23. The maximum absolute atomic E-state index is 12.4. The van der Waals surface area contributed by atoms with Gasteiger partial charge >= 0.3 is 0 Å². The molecule has 0 saturated heterocycles. The summed E-state index contributed by atoms with van der Waals surface area (Å²) < 4.78 is 1.70. The number of hydrogen-bond donors (Lipinski definition) is 1. The molecule has 0 bridgehead atoms. The molecular weight excluding hydrogens is 314 g/mol. The Morgan fingerprint density at radius 1 is 1.16 bits per heavy atom. The van der Waals surface area contributed by atoms with E-state index in [1.165, 1.54) is 6.42 Å². The van der Waals surface area contributed by atoms with Crippen LogP contribution in [0.3, 0.4) is 0 Å². The molecule has 2 heterocycles. The Morgan fingerprint density at radius 2 is 2.00 bits per heavy atom. The lowest BCUT2D eigenvalue weighted by atomic mass is 9.93. The van der Waals surface area contributed by atoms with E-state index < -0.39 is 0 Å². The number of benzene rings is 1.